The third kappa shape index (κ3) is 6.51. The van der Waals surface area contributed by atoms with E-state index >= 15 is 0 Å². The lowest BCUT2D eigenvalue weighted by Crippen LogP contribution is -2.16. The highest BCUT2D eigenvalue weighted by molar-refractivity contribution is 5.65. The van der Waals surface area contributed by atoms with Gasteiger partial charge in [-0.15, -0.1) is 0 Å². The molecule has 0 aliphatic heterocycles. The molecule has 0 bridgehead atoms. The van der Waals surface area contributed by atoms with Crippen LogP contribution >= 0.6 is 0 Å². The molecule has 1 fully saturated rings. The Balaban J connectivity index is 1.33. The fourth-order valence-corrected chi connectivity index (χ4v) is 5.32. The molecule has 38 heavy (non-hydrogen) atoms. The van der Waals surface area contributed by atoms with Crippen molar-refractivity contribution in [3.8, 4) is 22.6 Å². The van der Waals surface area contributed by atoms with Gasteiger partial charge in [-0.3, -0.25) is 0 Å². The normalized spacial score (nSPS) is 17.4. The molecule has 1 saturated carbocycles. The number of hydrogen-bond donors (Lipinski definition) is 0. The SMILES string of the molecule is CCCCOc1ccc(-c2ccc(CCC3CCC(c4ccc(OCC)c(F)c4F)CC3)c(F)c2F)cc1. The lowest BCUT2D eigenvalue weighted by Gasteiger charge is -2.29. The number of unbranched alkanes of at least 4 members (excludes halogenated alkanes) is 1. The summed E-state index contributed by atoms with van der Waals surface area (Å²) in [4.78, 5) is 0. The highest BCUT2D eigenvalue weighted by Gasteiger charge is 2.27. The van der Waals surface area contributed by atoms with Gasteiger partial charge in [-0.25, -0.2) is 13.2 Å². The highest BCUT2D eigenvalue weighted by atomic mass is 19.2. The zero-order valence-corrected chi connectivity index (χ0v) is 22.2. The fraction of sp³-hybridized carbons (Fsp3) is 0.438. The van der Waals surface area contributed by atoms with E-state index in [0.29, 0.717) is 41.4 Å². The smallest absolute Gasteiger partial charge is 0.200 e. The maximum Gasteiger partial charge on any atom is 0.200 e. The van der Waals surface area contributed by atoms with E-state index in [9.17, 15) is 17.6 Å². The van der Waals surface area contributed by atoms with E-state index < -0.39 is 23.3 Å². The highest BCUT2D eigenvalue weighted by Crippen LogP contribution is 2.40. The zero-order valence-electron chi connectivity index (χ0n) is 22.2. The monoisotopic (exact) mass is 528 g/mol. The van der Waals surface area contributed by atoms with Crippen LogP contribution in [0.4, 0.5) is 17.6 Å². The molecule has 0 unspecified atom stereocenters. The Hall–Kier alpha value is -3.02. The van der Waals surface area contributed by atoms with E-state index in [4.69, 9.17) is 9.47 Å². The maximum absolute atomic E-state index is 15.0. The number of rotatable bonds is 11. The number of halogens is 4. The average molecular weight is 529 g/mol. The molecule has 0 spiro atoms. The zero-order chi connectivity index (χ0) is 27.1. The van der Waals surface area contributed by atoms with Gasteiger partial charge >= 0.3 is 0 Å². The molecule has 3 aromatic rings. The van der Waals surface area contributed by atoms with Crippen LogP contribution in [-0.4, -0.2) is 13.2 Å². The Kier molecular flexibility index (Phi) is 9.70. The van der Waals surface area contributed by atoms with Crippen LogP contribution in [0.1, 0.15) is 75.8 Å². The molecule has 0 N–H and O–H groups in total. The second kappa shape index (κ2) is 13.2. The van der Waals surface area contributed by atoms with Crippen LogP contribution in [0.15, 0.2) is 48.5 Å². The predicted molar refractivity (Wildman–Crippen MR) is 143 cm³/mol. The first-order valence-corrected chi connectivity index (χ1v) is 13.7. The van der Waals surface area contributed by atoms with Crippen LogP contribution in [0, 0.1) is 29.2 Å². The molecule has 0 aromatic heterocycles. The Morgan fingerprint density at radius 2 is 1.47 bits per heavy atom. The molecule has 1 aliphatic rings. The summed E-state index contributed by atoms with van der Waals surface area (Å²) in [5, 5.41) is 0. The van der Waals surface area contributed by atoms with Gasteiger partial charge < -0.3 is 9.47 Å². The van der Waals surface area contributed by atoms with Gasteiger partial charge in [-0.2, -0.15) is 4.39 Å². The van der Waals surface area contributed by atoms with E-state index in [1.807, 2.05) is 0 Å². The standard InChI is InChI=1S/C32H36F4O2/c1-3-5-20-38-25-15-12-23(13-16-25)26-17-14-24(29(33)30(26)34)11-8-21-6-9-22(10-7-21)27-18-19-28(37-4-2)32(36)31(27)35/h12-19,21-22H,3-11,20H2,1-2H3. The van der Waals surface area contributed by atoms with Gasteiger partial charge in [-0.05, 0) is 98.6 Å². The second-order valence-electron chi connectivity index (χ2n) is 10.1. The summed E-state index contributed by atoms with van der Waals surface area (Å²) in [7, 11) is 0. The summed E-state index contributed by atoms with van der Waals surface area (Å²) < 4.78 is 69.6. The molecule has 6 heteroatoms. The third-order valence-electron chi connectivity index (χ3n) is 7.58. The first kappa shape index (κ1) is 28.0. The molecule has 0 heterocycles. The van der Waals surface area contributed by atoms with Crippen LogP contribution in [0.3, 0.4) is 0 Å². The molecule has 4 rings (SSSR count). The van der Waals surface area contributed by atoms with Gasteiger partial charge in [0, 0.05) is 5.56 Å². The van der Waals surface area contributed by atoms with Crippen molar-refractivity contribution in [1.82, 2.24) is 0 Å². The van der Waals surface area contributed by atoms with E-state index in [1.54, 1.807) is 49.4 Å². The van der Waals surface area contributed by atoms with Crippen molar-refractivity contribution in [2.75, 3.05) is 13.2 Å². The molecule has 0 amide bonds. The Morgan fingerprint density at radius 3 is 2.16 bits per heavy atom. The quantitative estimate of drug-likeness (QED) is 0.182. The van der Waals surface area contributed by atoms with Crippen LogP contribution < -0.4 is 9.47 Å². The first-order chi connectivity index (χ1) is 18.4. The number of ether oxygens (including phenoxy) is 2. The third-order valence-corrected chi connectivity index (χ3v) is 7.58. The van der Waals surface area contributed by atoms with E-state index in [-0.39, 0.29) is 23.8 Å². The lowest BCUT2D eigenvalue weighted by molar-refractivity contribution is 0.296. The van der Waals surface area contributed by atoms with Gasteiger partial charge in [0.25, 0.3) is 0 Å². The lowest BCUT2D eigenvalue weighted by atomic mass is 9.76. The van der Waals surface area contributed by atoms with E-state index in [0.717, 1.165) is 44.9 Å². The van der Waals surface area contributed by atoms with Crippen molar-refractivity contribution in [2.24, 2.45) is 5.92 Å². The van der Waals surface area contributed by atoms with Crippen molar-refractivity contribution in [1.29, 1.82) is 0 Å². The van der Waals surface area contributed by atoms with E-state index in [1.165, 1.54) is 6.07 Å². The predicted octanol–water partition coefficient (Wildman–Crippen LogP) is 9.39. The van der Waals surface area contributed by atoms with Gasteiger partial charge in [0.1, 0.15) is 5.75 Å². The summed E-state index contributed by atoms with van der Waals surface area (Å²) in [5.74, 6) is -2.44. The van der Waals surface area contributed by atoms with Crippen molar-refractivity contribution in [2.45, 2.75) is 71.1 Å². The molecule has 1 aliphatic carbocycles. The Morgan fingerprint density at radius 1 is 0.737 bits per heavy atom. The largest absolute Gasteiger partial charge is 0.494 e. The fourth-order valence-electron chi connectivity index (χ4n) is 5.32. The minimum absolute atomic E-state index is 0.0478. The summed E-state index contributed by atoms with van der Waals surface area (Å²) in [6, 6.07) is 13.5. The van der Waals surface area contributed by atoms with Crippen molar-refractivity contribution >= 4 is 0 Å². The number of hydrogen-bond acceptors (Lipinski definition) is 2. The summed E-state index contributed by atoms with van der Waals surface area (Å²) in [6.07, 6.45) is 6.33. The Bertz CT molecular complexity index is 1200. The maximum atomic E-state index is 15.0. The van der Waals surface area contributed by atoms with Gasteiger partial charge in [0.05, 0.1) is 13.2 Å². The number of aryl methyl sites for hydroxylation is 1. The molecule has 2 nitrogen and oxygen atoms in total. The molecular formula is C32H36F4O2. The van der Waals surface area contributed by atoms with Crippen molar-refractivity contribution in [3.05, 3.63) is 82.9 Å². The van der Waals surface area contributed by atoms with E-state index in [2.05, 4.69) is 6.92 Å². The summed E-state index contributed by atoms with van der Waals surface area (Å²) in [5.41, 5.74) is 1.60. The topological polar surface area (TPSA) is 18.5 Å². The van der Waals surface area contributed by atoms with Crippen LogP contribution in [0.25, 0.3) is 11.1 Å². The molecule has 204 valence electrons. The number of benzene rings is 3. The minimum atomic E-state index is -0.927. The molecule has 0 atom stereocenters. The molecular weight excluding hydrogens is 492 g/mol. The van der Waals surface area contributed by atoms with Gasteiger partial charge in [0.15, 0.2) is 23.2 Å². The average Bonchev–Trinajstić information content (AvgIpc) is 2.93. The Labute approximate surface area is 223 Å². The minimum Gasteiger partial charge on any atom is -0.494 e. The van der Waals surface area contributed by atoms with Crippen LogP contribution in [0.5, 0.6) is 11.5 Å². The molecule has 0 radical (unpaired) electrons. The van der Waals surface area contributed by atoms with Gasteiger partial charge in [-0.1, -0.05) is 43.7 Å². The first-order valence-electron chi connectivity index (χ1n) is 13.7. The second-order valence-corrected chi connectivity index (χ2v) is 10.1. The van der Waals surface area contributed by atoms with Crippen LogP contribution in [-0.2, 0) is 6.42 Å². The van der Waals surface area contributed by atoms with Gasteiger partial charge in [0.2, 0.25) is 5.82 Å². The van der Waals surface area contributed by atoms with Crippen molar-refractivity contribution in [3.63, 3.8) is 0 Å². The summed E-state index contributed by atoms with van der Waals surface area (Å²) >= 11 is 0. The molecule has 0 saturated heterocycles. The van der Waals surface area contributed by atoms with Crippen LogP contribution in [0.2, 0.25) is 0 Å². The molecule has 3 aromatic carbocycles. The van der Waals surface area contributed by atoms with Crippen molar-refractivity contribution < 1.29 is 27.0 Å². The summed E-state index contributed by atoms with van der Waals surface area (Å²) in [6.45, 7) is 4.72.